The van der Waals surface area contributed by atoms with Crippen LogP contribution in [0.1, 0.15) is 95.1 Å². The zero-order chi connectivity index (χ0) is 23.2. The van der Waals surface area contributed by atoms with Gasteiger partial charge in [-0.1, -0.05) is 55.8 Å². The Morgan fingerprint density at radius 3 is 2.28 bits per heavy atom. The minimum absolute atomic E-state index is 0.126. The molecular formula is C26H39NO5. The van der Waals surface area contributed by atoms with Crippen molar-refractivity contribution in [2.75, 3.05) is 6.61 Å². The van der Waals surface area contributed by atoms with Crippen LogP contribution in [0.25, 0.3) is 0 Å². The van der Waals surface area contributed by atoms with Crippen LogP contribution in [0.3, 0.4) is 0 Å². The number of benzene rings is 1. The Hall–Kier alpha value is -2.37. The normalized spacial score (nSPS) is 19.7. The lowest BCUT2D eigenvalue weighted by atomic mass is 10.0. The smallest absolute Gasteiger partial charge is 0.374 e. The van der Waals surface area contributed by atoms with Crippen LogP contribution in [-0.2, 0) is 19.2 Å². The van der Waals surface area contributed by atoms with E-state index < -0.39 is 12.1 Å². The maximum Gasteiger partial charge on any atom is 0.374 e. The fourth-order valence-electron chi connectivity index (χ4n) is 3.68. The number of carbonyl (C=O) groups excluding carboxylic acids is 2. The minimum atomic E-state index is -0.757. The van der Waals surface area contributed by atoms with Gasteiger partial charge in [-0.3, -0.25) is 4.79 Å². The Morgan fingerprint density at radius 2 is 1.56 bits per heavy atom. The van der Waals surface area contributed by atoms with E-state index in [9.17, 15) is 9.59 Å². The Kier molecular flexibility index (Phi) is 11.8. The molecule has 1 heterocycles. The van der Waals surface area contributed by atoms with Crippen molar-refractivity contribution in [3.05, 3.63) is 29.3 Å². The summed E-state index contributed by atoms with van der Waals surface area (Å²) in [7, 11) is 0. The maximum atomic E-state index is 12.4. The summed E-state index contributed by atoms with van der Waals surface area (Å²) in [5, 5.41) is 4.15. The molecule has 1 atom stereocenters. The van der Waals surface area contributed by atoms with E-state index in [0.29, 0.717) is 31.6 Å². The number of hydrogen-bond donors (Lipinski definition) is 0. The fraction of sp³-hybridized carbons (Fsp3) is 0.654. The van der Waals surface area contributed by atoms with E-state index in [0.717, 1.165) is 48.9 Å². The van der Waals surface area contributed by atoms with Crippen LogP contribution in [0, 0.1) is 13.8 Å². The number of hydrogen-bond acceptors (Lipinski definition) is 6. The molecule has 0 spiro atoms. The van der Waals surface area contributed by atoms with Gasteiger partial charge in [0.15, 0.2) is 6.10 Å². The van der Waals surface area contributed by atoms with Gasteiger partial charge in [-0.15, -0.1) is 0 Å². The van der Waals surface area contributed by atoms with Crippen molar-refractivity contribution >= 4 is 17.7 Å². The van der Waals surface area contributed by atoms with Crippen LogP contribution in [0.5, 0.6) is 5.75 Å². The topological polar surface area (TPSA) is 74.2 Å². The Morgan fingerprint density at radius 1 is 0.938 bits per heavy atom. The van der Waals surface area contributed by atoms with Gasteiger partial charge in [-0.2, -0.15) is 0 Å². The van der Waals surface area contributed by atoms with Gasteiger partial charge in [0.2, 0.25) is 0 Å². The van der Waals surface area contributed by atoms with E-state index in [1.165, 1.54) is 25.7 Å². The summed E-state index contributed by atoms with van der Waals surface area (Å²) in [6, 6.07) is 5.76. The molecule has 0 aliphatic carbocycles. The van der Waals surface area contributed by atoms with Crippen molar-refractivity contribution in [3.63, 3.8) is 0 Å². The van der Waals surface area contributed by atoms with Crippen molar-refractivity contribution in [1.82, 2.24) is 0 Å². The maximum absolute atomic E-state index is 12.4. The monoisotopic (exact) mass is 445 g/mol. The molecule has 178 valence electrons. The molecule has 0 N–H and O–H groups in total. The minimum Gasteiger partial charge on any atom is -0.479 e. The fourth-order valence-corrected chi connectivity index (χ4v) is 3.68. The molecule has 2 rings (SSSR count). The van der Waals surface area contributed by atoms with Gasteiger partial charge in [0, 0.05) is 6.42 Å². The Bertz CT molecular complexity index is 759. The number of carbonyl (C=O) groups is 2. The highest BCUT2D eigenvalue weighted by molar-refractivity contribution is 5.85. The molecule has 0 bridgehead atoms. The van der Waals surface area contributed by atoms with Crippen LogP contribution in [0.4, 0.5) is 0 Å². The van der Waals surface area contributed by atoms with E-state index in [4.69, 9.17) is 14.3 Å². The number of ether oxygens (including phenoxy) is 2. The average Bonchev–Trinajstić information content (AvgIpc) is 2.77. The number of nitrogens with zero attached hydrogens (tertiary/aromatic N) is 1. The number of oxime groups is 1. The summed E-state index contributed by atoms with van der Waals surface area (Å²) in [6.45, 7) is 6.01. The summed E-state index contributed by atoms with van der Waals surface area (Å²) in [4.78, 5) is 29.5. The molecule has 6 heteroatoms. The van der Waals surface area contributed by atoms with E-state index in [2.05, 4.69) is 5.16 Å². The molecule has 1 aliphatic heterocycles. The second kappa shape index (κ2) is 14.6. The molecule has 0 aromatic heterocycles. The molecule has 6 nitrogen and oxygen atoms in total. The highest BCUT2D eigenvalue weighted by atomic mass is 16.7. The van der Waals surface area contributed by atoms with Crippen molar-refractivity contribution in [3.8, 4) is 5.75 Å². The summed E-state index contributed by atoms with van der Waals surface area (Å²) in [6.07, 6.45) is 10.8. The molecule has 1 aromatic rings. The first kappa shape index (κ1) is 25.9. The third-order valence-electron chi connectivity index (χ3n) is 5.92. The molecule has 1 aromatic carbocycles. The summed E-state index contributed by atoms with van der Waals surface area (Å²) >= 11 is 0. The van der Waals surface area contributed by atoms with E-state index >= 15 is 0 Å². The molecule has 0 amide bonds. The third-order valence-corrected chi connectivity index (χ3v) is 5.92. The van der Waals surface area contributed by atoms with Gasteiger partial charge in [-0.25, -0.2) is 4.79 Å². The molecule has 0 saturated carbocycles. The lowest BCUT2D eigenvalue weighted by Gasteiger charge is -2.15. The van der Waals surface area contributed by atoms with Gasteiger partial charge in [0.1, 0.15) is 5.75 Å². The molecular weight excluding hydrogens is 406 g/mol. The first-order valence-electron chi connectivity index (χ1n) is 12.1. The molecule has 1 saturated heterocycles. The molecule has 32 heavy (non-hydrogen) atoms. The van der Waals surface area contributed by atoms with Crippen molar-refractivity contribution in [2.45, 2.75) is 104 Å². The van der Waals surface area contributed by atoms with Crippen LogP contribution in [-0.4, -0.2) is 30.4 Å². The predicted octanol–water partition coefficient (Wildman–Crippen LogP) is 6.21. The zero-order valence-corrected chi connectivity index (χ0v) is 20.0. The molecule has 1 unspecified atom stereocenters. The van der Waals surface area contributed by atoms with Crippen molar-refractivity contribution < 1.29 is 23.9 Å². The van der Waals surface area contributed by atoms with Gasteiger partial charge < -0.3 is 14.3 Å². The van der Waals surface area contributed by atoms with Crippen LogP contribution < -0.4 is 4.74 Å². The lowest BCUT2D eigenvalue weighted by Crippen LogP contribution is -2.25. The van der Waals surface area contributed by atoms with Crippen LogP contribution in [0.2, 0.25) is 0 Å². The number of esters is 1. The second-order valence-electron chi connectivity index (χ2n) is 8.68. The predicted molar refractivity (Wildman–Crippen MR) is 126 cm³/mol. The Labute approximate surface area is 192 Å². The van der Waals surface area contributed by atoms with Gasteiger partial charge >= 0.3 is 11.9 Å². The average molecular weight is 446 g/mol. The van der Waals surface area contributed by atoms with Crippen molar-refractivity contribution in [2.24, 2.45) is 5.16 Å². The number of aryl methyl sites for hydroxylation is 1. The quantitative estimate of drug-likeness (QED) is 0.313. The molecule has 1 fully saturated rings. The van der Waals surface area contributed by atoms with Crippen LogP contribution in [0.15, 0.2) is 23.4 Å². The summed E-state index contributed by atoms with van der Waals surface area (Å²) < 4.78 is 11.1. The SMILES string of the molecule is Cc1cccc(OC(C)C(=O)O/N=C2/CCCCCCCCCCC(=O)OCCC2)c1C. The van der Waals surface area contributed by atoms with E-state index in [1.807, 2.05) is 32.0 Å². The zero-order valence-electron chi connectivity index (χ0n) is 20.0. The first-order valence-corrected chi connectivity index (χ1v) is 12.1. The summed E-state index contributed by atoms with van der Waals surface area (Å²) in [5.41, 5.74) is 2.95. The van der Waals surface area contributed by atoms with Gasteiger partial charge in [0.25, 0.3) is 0 Å². The van der Waals surface area contributed by atoms with Crippen LogP contribution >= 0.6 is 0 Å². The van der Waals surface area contributed by atoms with Gasteiger partial charge in [0.05, 0.1) is 12.3 Å². The second-order valence-corrected chi connectivity index (χ2v) is 8.68. The van der Waals surface area contributed by atoms with Crippen molar-refractivity contribution in [1.29, 1.82) is 0 Å². The lowest BCUT2D eigenvalue weighted by molar-refractivity contribution is -0.151. The molecule has 0 radical (unpaired) electrons. The first-order chi connectivity index (χ1) is 15.5. The summed E-state index contributed by atoms with van der Waals surface area (Å²) in [5.74, 6) is 0.0324. The highest BCUT2D eigenvalue weighted by Gasteiger charge is 2.18. The largest absolute Gasteiger partial charge is 0.479 e. The third kappa shape index (κ3) is 9.84. The highest BCUT2D eigenvalue weighted by Crippen LogP contribution is 2.22. The van der Waals surface area contributed by atoms with E-state index in [1.54, 1.807) is 6.92 Å². The molecule has 1 aliphatic rings. The number of cyclic esters (lactones) is 1. The van der Waals surface area contributed by atoms with Gasteiger partial charge in [-0.05, 0) is 70.1 Å². The van der Waals surface area contributed by atoms with E-state index in [-0.39, 0.29) is 5.97 Å². The number of rotatable bonds is 4. The Balaban J connectivity index is 1.89. The standard InChI is InChI=1S/C26H39NO5/c1-20-14-12-17-24(21(20)2)31-22(3)26(29)32-27-23-15-10-8-6-4-5-7-9-11-18-25(28)30-19-13-16-23/h12,14,17,22H,4-11,13,15-16,18-19H2,1-3H3/b27-23-.